The monoisotopic (exact) mass is 276 g/mol. The molecule has 0 radical (unpaired) electrons. The summed E-state index contributed by atoms with van der Waals surface area (Å²) in [6, 6.07) is 8.29. The van der Waals surface area contributed by atoms with Crippen LogP contribution in [0.25, 0.3) is 0 Å². The smallest absolute Gasteiger partial charge is 0.411 e. The van der Waals surface area contributed by atoms with Crippen molar-refractivity contribution in [1.29, 1.82) is 0 Å². The molecule has 1 aromatic carbocycles. The predicted molar refractivity (Wildman–Crippen MR) is 82.1 cm³/mol. The summed E-state index contributed by atoms with van der Waals surface area (Å²) in [7, 11) is 0. The topological polar surface area (TPSA) is 50.4 Å². The zero-order valence-corrected chi connectivity index (χ0v) is 12.5. The molecule has 1 aliphatic rings. The Kier molecular flexibility index (Phi) is 4.53. The first kappa shape index (κ1) is 14.7. The van der Waals surface area contributed by atoms with Gasteiger partial charge in [0.25, 0.3) is 0 Å². The van der Waals surface area contributed by atoms with E-state index in [-0.39, 0.29) is 0 Å². The average molecular weight is 276 g/mol. The Balaban J connectivity index is 1.93. The molecule has 1 atom stereocenters. The lowest BCUT2D eigenvalue weighted by molar-refractivity contribution is 0.168. The van der Waals surface area contributed by atoms with E-state index in [0.29, 0.717) is 18.1 Å². The van der Waals surface area contributed by atoms with Crippen LogP contribution in [0.3, 0.4) is 0 Å². The molecule has 2 N–H and O–H groups in total. The molecule has 4 nitrogen and oxygen atoms in total. The number of anilines is 2. The van der Waals surface area contributed by atoms with Crippen molar-refractivity contribution >= 4 is 17.5 Å². The van der Waals surface area contributed by atoms with Crippen LogP contribution in [0.15, 0.2) is 24.3 Å². The maximum absolute atomic E-state index is 11.3. The van der Waals surface area contributed by atoms with Crippen molar-refractivity contribution in [3.8, 4) is 0 Å². The van der Waals surface area contributed by atoms with Crippen LogP contribution >= 0.6 is 0 Å². The zero-order chi connectivity index (χ0) is 14.6. The molecule has 20 heavy (non-hydrogen) atoms. The minimum atomic E-state index is -0.412. The van der Waals surface area contributed by atoms with Gasteiger partial charge < -0.3 is 10.1 Å². The third kappa shape index (κ3) is 3.65. The van der Waals surface area contributed by atoms with Crippen molar-refractivity contribution in [2.24, 2.45) is 5.41 Å². The molecule has 1 amide bonds. The van der Waals surface area contributed by atoms with Crippen molar-refractivity contribution in [3.63, 3.8) is 0 Å². The van der Waals surface area contributed by atoms with Crippen LogP contribution in [-0.4, -0.2) is 18.7 Å². The minimum absolute atomic E-state index is 0.349. The van der Waals surface area contributed by atoms with Crippen LogP contribution < -0.4 is 10.6 Å². The third-order valence-corrected chi connectivity index (χ3v) is 4.00. The molecule has 0 heterocycles. The van der Waals surface area contributed by atoms with Crippen LogP contribution in [0.1, 0.15) is 40.0 Å². The van der Waals surface area contributed by atoms with Gasteiger partial charge >= 0.3 is 6.09 Å². The van der Waals surface area contributed by atoms with E-state index in [2.05, 4.69) is 24.5 Å². The van der Waals surface area contributed by atoms with Gasteiger partial charge in [-0.15, -0.1) is 0 Å². The maximum Gasteiger partial charge on any atom is 0.411 e. The standard InChI is InChI=1S/C16H24N2O2/c1-4-20-15(19)18-13-9-7-12(8-10-13)17-14-6-5-11-16(14,2)3/h7-10,14,17H,4-6,11H2,1-3H3,(H,18,19). The fraction of sp³-hybridized carbons (Fsp3) is 0.562. The van der Waals surface area contributed by atoms with Gasteiger partial charge in [-0.3, -0.25) is 5.32 Å². The van der Waals surface area contributed by atoms with E-state index in [4.69, 9.17) is 4.74 Å². The van der Waals surface area contributed by atoms with Crippen molar-refractivity contribution in [3.05, 3.63) is 24.3 Å². The summed E-state index contributed by atoms with van der Waals surface area (Å²) in [6.45, 7) is 6.79. The quantitative estimate of drug-likeness (QED) is 0.864. The summed E-state index contributed by atoms with van der Waals surface area (Å²) in [6.07, 6.45) is 3.36. The number of carbonyl (C=O) groups is 1. The van der Waals surface area contributed by atoms with Gasteiger partial charge in [-0.2, -0.15) is 0 Å². The summed E-state index contributed by atoms with van der Waals surface area (Å²) in [4.78, 5) is 11.3. The Morgan fingerprint density at radius 3 is 2.50 bits per heavy atom. The molecule has 1 saturated carbocycles. The van der Waals surface area contributed by atoms with Gasteiger partial charge in [-0.05, 0) is 49.4 Å². The summed E-state index contributed by atoms with van der Waals surface area (Å²) in [5.74, 6) is 0. The third-order valence-electron chi connectivity index (χ3n) is 4.00. The van der Waals surface area contributed by atoms with Gasteiger partial charge in [0, 0.05) is 17.4 Å². The lowest BCUT2D eigenvalue weighted by Crippen LogP contribution is -2.30. The summed E-state index contributed by atoms with van der Waals surface area (Å²) >= 11 is 0. The van der Waals surface area contributed by atoms with E-state index in [9.17, 15) is 4.79 Å². The van der Waals surface area contributed by atoms with E-state index >= 15 is 0 Å². The number of ether oxygens (including phenoxy) is 1. The largest absolute Gasteiger partial charge is 0.450 e. The molecular weight excluding hydrogens is 252 g/mol. The van der Waals surface area contributed by atoms with E-state index in [0.717, 1.165) is 11.4 Å². The van der Waals surface area contributed by atoms with Gasteiger partial charge in [0.05, 0.1) is 6.61 Å². The number of rotatable bonds is 4. The highest BCUT2D eigenvalue weighted by molar-refractivity contribution is 5.84. The first-order valence-electron chi connectivity index (χ1n) is 7.31. The molecule has 110 valence electrons. The van der Waals surface area contributed by atoms with Gasteiger partial charge in [-0.1, -0.05) is 20.3 Å². The molecule has 0 bridgehead atoms. The second kappa shape index (κ2) is 6.16. The van der Waals surface area contributed by atoms with E-state index in [1.807, 2.05) is 24.3 Å². The summed E-state index contributed by atoms with van der Waals surface area (Å²) in [5, 5.41) is 6.28. The minimum Gasteiger partial charge on any atom is -0.450 e. The van der Waals surface area contributed by atoms with Crippen molar-refractivity contribution < 1.29 is 9.53 Å². The van der Waals surface area contributed by atoms with Crippen LogP contribution in [0.5, 0.6) is 0 Å². The Morgan fingerprint density at radius 2 is 1.95 bits per heavy atom. The maximum atomic E-state index is 11.3. The number of carbonyl (C=O) groups excluding carboxylic acids is 1. The number of benzene rings is 1. The Labute approximate surface area is 120 Å². The molecule has 1 aliphatic carbocycles. The number of nitrogens with one attached hydrogen (secondary N) is 2. The molecular formula is C16H24N2O2. The second-order valence-corrected chi connectivity index (χ2v) is 6.00. The highest BCUT2D eigenvalue weighted by Crippen LogP contribution is 2.39. The van der Waals surface area contributed by atoms with Gasteiger partial charge in [-0.25, -0.2) is 4.79 Å². The van der Waals surface area contributed by atoms with Crippen LogP contribution in [-0.2, 0) is 4.74 Å². The lowest BCUT2D eigenvalue weighted by Gasteiger charge is -2.28. The molecule has 0 saturated heterocycles. The number of hydrogen-bond acceptors (Lipinski definition) is 3. The highest BCUT2D eigenvalue weighted by atomic mass is 16.5. The fourth-order valence-electron chi connectivity index (χ4n) is 2.73. The van der Waals surface area contributed by atoms with Crippen molar-refractivity contribution in [2.75, 3.05) is 17.2 Å². The molecule has 0 aromatic heterocycles. The molecule has 2 rings (SSSR count). The summed E-state index contributed by atoms with van der Waals surface area (Å²) in [5.41, 5.74) is 2.20. The summed E-state index contributed by atoms with van der Waals surface area (Å²) < 4.78 is 4.85. The first-order chi connectivity index (χ1) is 9.51. The van der Waals surface area contributed by atoms with Gasteiger partial charge in [0.2, 0.25) is 0 Å². The second-order valence-electron chi connectivity index (χ2n) is 6.00. The van der Waals surface area contributed by atoms with Gasteiger partial charge in [0.1, 0.15) is 0 Å². The molecule has 4 heteroatoms. The normalized spacial score (nSPS) is 20.4. The number of hydrogen-bond donors (Lipinski definition) is 2. The molecule has 0 aliphatic heterocycles. The Hall–Kier alpha value is -1.71. The zero-order valence-electron chi connectivity index (χ0n) is 12.5. The highest BCUT2D eigenvalue weighted by Gasteiger charge is 2.34. The average Bonchev–Trinajstić information content (AvgIpc) is 2.71. The first-order valence-corrected chi connectivity index (χ1v) is 7.31. The Bertz CT molecular complexity index is 454. The van der Waals surface area contributed by atoms with E-state index < -0.39 is 6.09 Å². The molecule has 0 spiro atoms. The van der Waals surface area contributed by atoms with Crippen LogP contribution in [0.4, 0.5) is 16.2 Å². The predicted octanol–water partition coefficient (Wildman–Crippen LogP) is 4.25. The fourth-order valence-corrected chi connectivity index (χ4v) is 2.73. The molecule has 1 fully saturated rings. The van der Waals surface area contributed by atoms with Gasteiger partial charge in [0.15, 0.2) is 0 Å². The lowest BCUT2D eigenvalue weighted by atomic mass is 9.87. The Morgan fingerprint density at radius 1 is 1.30 bits per heavy atom. The van der Waals surface area contributed by atoms with Crippen molar-refractivity contribution in [2.45, 2.75) is 46.1 Å². The van der Waals surface area contributed by atoms with Crippen molar-refractivity contribution in [1.82, 2.24) is 0 Å². The molecule has 1 aromatic rings. The molecule has 1 unspecified atom stereocenters. The van der Waals surface area contributed by atoms with E-state index in [1.54, 1.807) is 6.92 Å². The SMILES string of the molecule is CCOC(=O)Nc1ccc(NC2CCCC2(C)C)cc1. The van der Waals surface area contributed by atoms with Crippen LogP contribution in [0.2, 0.25) is 0 Å². The number of amides is 1. The van der Waals surface area contributed by atoms with Crippen LogP contribution in [0, 0.1) is 5.41 Å². The van der Waals surface area contributed by atoms with E-state index in [1.165, 1.54) is 19.3 Å².